The van der Waals surface area contributed by atoms with E-state index in [0.717, 1.165) is 49.6 Å². The summed E-state index contributed by atoms with van der Waals surface area (Å²) in [5.41, 5.74) is 0.983. The van der Waals surface area contributed by atoms with Crippen LogP contribution in [0.1, 0.15) is 12.1 Å². The van der Waals surface area contributed by atoms with Crippen LogP contribution in [0.25, 0.3) is 0 Å². The maximum absolute atomic E-state index is 5.19. The smallest absolute Gasteiger partial charge is 0.151 e. The third-order valence-corrected chi connectivity index (χ3v) is 4.60. The molecule has 110 valence electrons. The van der Waals surface area contributed by atoms with E-state index in [9.17, 15) is 0 Å². The second-order valence-electron chi connectivity index (χ2n) is 6.04. The van der Waals surface area contributed by atoms with Crippen molar-refractivity contribution in [2.24, 2.45) is 11.8 Å². The van der Waals surface area contributed by atoms with Gasteiger partial charge >= 0.3 is 0 Å². The summed E-state index contributed by atoms with van der Waals surface area (Å²) in [6, 6.07) is 4.15. The largest absolute Gasteiger partial charge is 0.383 e. The van der Waals surface area contributed by atoms with Crippen molar-refractivity contribution in [1.29, 1.82) is 0 Å². The Labute approximate surface area is 120 Å². The molecule has 5 heteroatoms. The summed E-state index contributed by atoms with van der Waals surface area (Å²) in [7, 11) is 1.78. The van der Waals surface area contributed by atoms with Crippen molar-refractivity contribution >= 4 is 5.82 Å². The highest BCUT2D eigenvalue weighted by Crippen LogP contribution is 2.32. The van der Waals surface area contributed by atoms with Crippen molar-refractivity contribution in [3.05, 3.63) is 17.8 Å². The van der Waals surface area contributed by atoms with E-state index in [1.54, 1.807) is 7.11 Å². The molecule has 0 aliphatic carbocycles. The summed E-state index contributed by atoms with van der Waals surface area (Å²) in [5, 5.41) is 8.51. The molecule has 2 saturated heterocycles. The molecule has 0 aromatic carbocycles. The number of nitrogens with zero attached hydrogens (tertiary/aromatic N) is 4. The number of aryl methyl sites for hydroxylation is 1. The van der Waals surface area contributed by atoms with E-state index in [1.165, 1.54) is 19.5 Å². The van der Waals surface area contributed by atoms with Gasteiger partial charge in [0.25, 0.3) is 0 Å². The lowest BCUT2D eigenvalue weighted by Gasteiger charge is -2.33. The first-order valence-electron chi connectivity index (χ1n) is 7.53. The molecule has 0 amide bonds. The average molecular weight is 276 g/mol. The van der Waals surface area contributed by atoms with E-state index in [0.29, 0.717) is 0 Å². The fraction of sp³-hybridized carbons (Fsp3) is 0.733. The number of hydrogen-bond donors (Lipinski definition) is 0. The highest BCUT2D eigenvalue weighted by molar-refractivity contribution is 5.39. The van der Waals surface area contributed by atoms with Gasteiger partial charge in [-0.25, -0.2) is 0 Å². The lowest BCUT2D eigenvalue weighted by molar-refractivity contribution is 0.102. The van der Waals surface area contributed by atoms with Gasteiger partial charge in [-0.1, -0.05) is 0 Å². The summed E-state index contributed by atoms with van der Waals surface area (Å²) >= 11 is 0. The number of likely N-dealkylation sites (tertiary alicyclic amines) is 1. The van der Waals surface area contributed by atoms with Crippen LogP contribution in [-0.4, -0.2) is 61.5 Å². The molecule has 0 bridgehead atoms. The molecule has 2 aliphatic heterocycles. The summed E-state index contributed by atoms with van der Waals surface area (Å²) < 4.78 is 5.19. The van der Waals surface area contributed by atoms with Crippen LogP contribution in [0.3, 0.4) is 0 Å². The van der Waals surface area contributed by atoms with Gasteiger partial charge in [-0.3, -0.25) is 0 Å². The molecule has 2 fully saturated rings. The lowest BCUT2D eigenvalue weighted by atomic mass is 9.89. The first-order chi connectivity index (χ1) is 9.76. The first-order valence-corrected chi connectivity index (χ1v) is 7.53. The van der Waals surface area contributed by atoms with Gasteiger partial charge in [-0.05, 0) is 43.9 Å². The summed E-state index contributed by atoms with van der Waals surface area (Å²) in [6.07, 6.45) is 1.30. The van der Waals surface area contributed by atoms with E-state index in [1.807, 2.05) is 6.92 Å². The molecule has 0 spiro atoms. The van der Waals surface area contributed by atoms with Crippen LogP contribution >= 0.6 is 0 Å². The van der Waals surface area contributed by atoms with Crippen molar-refractivity contribution in [2.75, 3.05) is 51.3 Å². The third-order valence-electron chi connectivity index (χ3n) is 4.60. The van der Waals surface area contributed by atoms with Crippen LogP contribution < -0.4 is 4.90 Å². The maximum Gasteiger partial charge on any atom is 0.151 e. The van der Waals surface area contributed by atoms with Gasteiger partial charge < -0.3 is 14.5 Å². The van der Waals surface area contributed by atoms with Crippen LogP contribution in [0.15, 0.2) is 12.1 Å². The summed E-state index contributed by atoms with van der Waals surface area (Å²) in [6.45, 7) is 8.54. The van der Waals surface area contributed by atoms with Crippen molar-refractivity contribution < 1.29 is 4.74 Å². The number of rotatable bonds is 4. The fourth-order valence-electron chi connectivity index (χ4n) is 3.42. The minimum Gasteiger partial charge on any atom is -0.383 e. The number of aromatic nitrogens is 2. The van der Waals surface area contributed by atoms with E-state index >= 15 is 0 Å². The Bertz CT molecular complexity index is 436. The zero-order valence-electron chi connectivity index (χ0n) is 12.5. The standard InChI is InChI=1S/C15H24N4O/c1-12-3-4-15(17-16-12)19-10-13-5-6-18(7-8-20-2)9-14(13)11-19/h3-4,13-14H,5-11H2,1-2H3/t13-,14+/m0/s1. The topological polar surface area (TPSA) is 41.5 Å². The summed E-state index contributed by atoms with van der Waals surface area (Å²) in [5.74, 6) is 2.62. The molecule has 2 aliphatic rings. The Morgan fingerprint density at radius 2 is 2.05 bits per heavy atom. The highest BCUT2D eigenvalue weighted by Gasteiger charge is 2.37. The molecule has 1 aromatic rings. The zero-order valence-corrected chi connectivity index (χ0v) is 12.5. The second-order valence-corrected chi connectivity index (χ2v) is 6.04. The predicted molar refractivity (Wildman–Crippen MR) is 78.9 cm³/mol. The van der Waals surface area contributed by atoms with Gasteiger partial charge in [0.2, 0.25) is 0 Å². The molecule has 0 radical (unpaired) electrons. The Morgan fingerprint density at radius 3 is 2.80 bits per heavy atom. The third kappa shape index (κ3) is 2.94. The van der Waals surface area contributed by atoms with Crippen LogP contribution in [0.4, 0.5) is 5.82 Å². The van der Waals surface area contributed by atoms with E-state index in [4.69, 9.17) is 4.74 Å². The first kappa shape index (κ1) is 13.8. The molecule has 5 nitrogen and oxygen atoms in total. The molecule has 20 heavy (non-hydrogen) atoms. The summed E-state index contributed by atoms with van der Waals surface area (Å²) in [4.78, 5) is 4.94. The van der Waals surface area contributed by atoms with Crippen molar-refractivity contribution in [3.8, 4) is 0 Å². The number of ether oxygens (including phenoxy) is 1. The second kappa shape index (κ2) is 6.06. The molecule has 0 unspecified atom stereocenters. The lowest BCUT2D eigenvalue weighted by Crippen LogP contribution is -2.41. The Kier molecular flexibility index (Phi) is 4.17. The normalized spacial score (nSPS) is 26.8. The molecular formula is C15H24N4O. The van der Waals surface area contributed by atoms with Crippen molar-refractivity contribution in [3.63, 3.8) is 0 Å². The van der Waals surface area contributed by atoms with Gasteiger partial charge in [-0.2, -0.15) is 5.10 Å². The molecule has 3 heterocycles. The molecule has 1 aromatic heterocycles. The Balaban J connectivity index is 1.60. The van der Waals surface area contributed by atoms with E-state index in [2.05, 4.69) is 32.1 Å². The zero-order chi connectivity index (χ0) is 13.9. The van der Waals surface area contributed by atoms with Gasteiger partial charge in [0.05, 0.1) is 12.3 Å². The van der Waals surface area contributed by atoms with Gasteiger partial charge in [-0.15, -0.1) is 5.10 Å². The van der Waals surface area contributed by atoms with Crippen LogP contribution in [0.2, 0.25) is 0 Å². The number of fused-ring (bicyclic) bond motifs is 1. The number of hydrogen-bond acceptors (Lipinski definition) is 5. The van der Waals surface area contributed by atoms with Crippen molar-refractivity contribution in [2.45, 2.75) is 13.3 Å². The van der Waals surface area contributed by atoms with E-state index in [-0.39, 0.29) is 0 Å². The molecule has 0 N–H and O–H groups in total. The maximum atomic E-state index is 5.19. The van der Waals surface area contributed by atoms with Crippen LogP contribution in [-0.2, 0) is 4.74 Å². The van der Waals surface area contributed by atoms with Gasteiger partial charge in [0.15, 0.2) is 5.82 Å². The quantitative estimate of drug-likeness (QED) is 0.826. The number of piperidine rings is 1. The molecule has 3 rings (SSSR count). The number of anilines is 1. The fourth-order valence-corrected chi connectivity index (χ4v) is 3.42. The van der Waals surface area contributed by atoms with Crippen molar-refractivity contribution in [1.82, 2.24) is 15.1 Å². The minimum absolute atomic E-state index is 0.767. The molecular weight excluding hydrogens is 252 g/mol. The SMILES string of the molecule is COCCN1CC[C@H]2CN(c3ccc(C)nn3)C[C@H]2C1. The number of methoxy groups -OCH3 is 1. The average Bonchev–Trinajstić information content (AvgIpc) is 2.89. The Hall–Kier alpha value is -1.20. The van der Waals surface area contributed by atoms with Gasteiger partial charge in [0, 0.05) is 33.3 Å². The van der Waals surface area contributed by atoms with Gasteiger partial charge in [0.1, 0.15) is 0 Å². The molecule has 0 saturated carbocycles. The predicted octanol–water partition coefficient (Wildman–Crippen LogP) is 1.19. The highest BCUT2D eigenvalue weighted by atomic mass is 16.5. The van der Waals surface area contributed by atoms with E-state index < -0.39 is 0 Å². The van der Waals surface area contributed by atoms with Crippen LogP contribution in [0, 0.1) is 18.8 Å². The molecule has 2 atom stereocenters. The Morgan fingerprint density at radius 1 is 1.20 bits per heavy atom. The van der Waals surface area contributed by atoms with Crippen LogP contribution in [0.5, 0.6) is 0 Å². The monoisotopic (exact) mass is 276 g/mol. The minimum atomic E-state index is 0.767.